The van der Waals surface area contributed by atoms with E-state index in [2.05, 4.69) is 15.3 Å². The highest BCUT2D eigenvalue weighted by Crippen LogP contribution is 2.39. The van der Waals surface area contributed by atoms with E-state index in [0.717, 1.165) is 5.39 Å². The van der Waals surface area contributed by atoms with E-state index in [9.17, 15) is 9.59 Å². The van der Waals surface area contributed by atoms with Crippen molar-refractivity contribution in [1.29, 1.82) is 0 Å². The zero-order valence-corrected chi connectivity index (χ0v) is 13.7. The molecule has 0 aliphatic heterocycles. The maximum atomic E-state index is 12.1. The van der Waals surface area contributed by atoms with E-state index >= 15 is 0 Å². The summed E-state index contributed by atoms with van der Waals surface area (Å²) in [5.41, 5.74) is 0. The fourth-order valence-electron chi connectivity index (χ4n) is 2.34. The summed E-state index contributed by atoms with van der Waals surface area (Å²) in [5, 5.41) is 4.70. The quantitative estimate of drug-likeness (QED) is 0.674. The lowest BCUT2D eigenvalue weighted by Crippen LogP contribution is -2.17. The highest BCUT2D eigenvalue weighted by Gasteiger charge is 2.43. The predicted octanol–water partition coefficient (Wildman–Crippen LogP) is 3.07. The molecule has 6 nitrogen and oxygen atoms in total. The molecule has 0 aromatic carbocycles. The Morgan fingerprint density at radius 1 is 1.39 bits per heavy atom. The Morgan fingerprint density at radius 3 is 2.91 bits per heavy atom. The Morgan fingerprint density at radius 2 is 2.17 bits per heavy atom. The lowest BCUT2D eigenvalue weighted by molar-refractivity contribution is -0.141. The van der Waals surface area contributed by atoms with Crippen molar-refractivity contribution in [1.82, 2.24) is 9.97 Å². The fraction of sp³-hybridized carbons (Fsp3) is 0.333. The van der Waals surface area contributed by atoms with Gasteiger partial charge in [0.15, 0.2) is 0 Å². The Labute approximate surface area is 142 Å². The molecule has 1 saturated carbocycles. The van der Waals surface area contributed by atoms with Crippen molar-refractivity contribution in [3.8, 4) is 0 Å². The van der Waals surface area contributed by atoms with Crippen LogP contribution >= 0.6 is 23.2 Å². The van der Waals surface area contributed by atoms with E-state index in [1.54, 1.807) is 18.3 Å². The molecule has 1 fully saturated rings. The molecule has 8 heteroatoms. The number of esters is 1. The Kier molecular flexibility index (Phi) is 4.37. The first-order valence-electron chi connectivity index (χ1n) is 7.00. The third-order valence-electron chi connectivity index (χ3n) is 3.65. The first kappa shape index (κ1) is 16.0. The molecule has 2 heterocycles. The smallest absolute Gasteiger partial charge is 0.302 e. The second kappa shape index (κ2) is 6.29. The van der Waals surface area contributed by atoms with Crippen molar-refractivity contribution in [3.05, 3.63) is 28.6 Å². The number of hydrogen-bond donors (Lipinski definition) is 1. The van der Waals surface area contributed by atoms with Crippen molar-refractivity contribution in [2.45, 2.75) is 13.3 Å². The molecule has 120 valence electrons. The highest BCUT2D eigenvalue weighted by molar-refractivity contribution is 6.36. The third kappa shape index (κ3) is 3.71. The molecule has 0 spiro atoms. The highest BCUT2D eigenvalue weighted by atomic mass is 35.5. The number of carbonyl (C=O) groups is 2. The largest absolute Gasteiger partial charge is 0.466 e. The first-order valence-corrected chi connectivity index (χ1v) is 7.75. The Hall–Kier alpha value is -1.92. The van der Waals surface area contributed by atoms with Crippen LogP contribution in [0.3, 0.4) is 0 Å². The number of fused-ring (bicyclic) bond motifs is 1. The molecule has 2 aromatic heterocycles. The fourth-order valence-corrected chi connectivity index (χ4v) is 2.84. The summed E-state index contributed by atoms with van der Waals surface area (Å²) >= 11 is 11.9. The first-order chi connectivity index (χ1) is 10.9. The molecular formula is C15H13Cl2N3O3. The molecule has 1 amide bonds. The van der Waals surface area contributed by atoms with Crippen molar-refractivity contribution < 1.29 is 14.3 Å². The molecule has 1 N–H and O–H groups in total. The number of anilines is 1. The van der Waals surface area contributed by atoms with Gasteiger partial charge in [0.05, 0.1) is 6.61 Å². The lowest BCUT2D eigenvalue weighted by atomic mass is 10.2. The second-order valence-corrected chi connectivity index (χ2v) is 6.17. The van der Waals surface area contributed by atoms with Crippen LogP contribution in [0.5, 0.6) is 0 Å². The maximum absolute atomic E-state index is 12.1. The zero-order chi connectivity index (χ0) is 16.6. The topological polar surface area (TPSA) is 81.2 Å². The molecule has 0 unspecified atom stereocenters. The average Bonchev–Trinajstić information content (AvgIpc) is 3.24. The van der Waals surface area contributed by atoms with Gasteiger partial charge in [-0.15, -0.1) is 0 Å². The van der Waals surface area contributed by atoms with Gasteiger partial charge in [0, 0.05) is 30.3 Å². The molecule has 0 bridgehead atoms. The molecule has 0 saturated heterocycles. The van der Waals surface area contributed by atoms with Crippen LogP contribution in [0.4, 0.5) is 5.82 Å². The van der Waals surface area contributed by atoms with E-state index in [0.29, 0.717) is 17.6 Å². The zero-order valence-electron chi connectivity index (χ0n) is 12.2. The van der Waals surface area contributed by atoms with Gasteiger partial charge in [-0.25, -0.2) is 9.97 Å². The molecule has 2 atom stereocenters. The molecule has 23 heavy (non-hydrogen) atoms. The van der Waals surface area contributed by atoms with E-state index < -0.39 is 0 Å². The minimum atomic E-state index is -0.338. The normalized spacial score (nSPS) is 19.4. The van der Waals surface area contributed by atoms with Crippen LogP contribution in [0.2, 0.25) is 10.3 Å². The standard InChI is InChI=1S/C15H13Cl2N3O3/c1-7(21)23-6-9-2-10(9)15(22)20-13-4-8-3-12(16)19-14(17)11(8)5-18-13/h3-5,9-10H,2,6H2,1H3,(H,18,20,22)/t9-,10+/m1/s1. The van der Waals surface area contributed by atoms with Gasteiger partial charge in [-0.3, -0.25) is 9.59 Å². The monoisotopic (exact) mass is 353 g/mol. The molecule has 1 aliphatic rings. The van der Waals surface area contributed by atoms with Gasteiger partial charge in [-0.1, -0.05) is 23.2 Å². The molecule has 2 aromatic rings. The molecule has 3 rings (SSSR count). The number of nitrogens with zero attached hydrogens (tertiary/aromatic N) is 2. The minimum Gasteiger partial charge on any atom is -0.466 e. The van der Waals surface area contributed by atoms with Gasteiger partial charge in [0.1, 0.15) is 16.1 Å². The molecule has 0 radical (unpaired) electrons. The van der Waals surface area contributed by atoms with Crippen LogP contribution in [0.15, 0.2) is 18.3 Å². The number of aromatic nitrogens is 2. The van der Waals surface area contributed by atoms with Crippen molar-refractivity contribution in [2.24, 2.45) is 11.8 Å². The number of nitrogens with one attached hydrogen (secondary N) is 1. The Balaban J connectivity index is 1.68. The van der Waals surface area contributed by atoms with E-state index in [1.807, 2.05) is 0 Å². The minimum absolute atomic E-state index is 0.0763. The van der Waals surface area contributed by atoms with Crippen molar-refractivity contribution in [2.75, 3.05) is 11.9 Å². The number of ether oxygens (including phenoxy) is 1. The van der Waals surface area contributed by atoms with Crippen LogP contribution < -0.4 is 5.32 Å². The summed E-state index contributed by atoms with van der Waals surface area (Å²) in [4.78, 5) is 31.0. The SMILES string of the molecule is CC(=O)OC[C@H]1C[C@@H]1C(=O)Nc1cc2cc(Cl)nc(Cl)c2cn1. The van der Waals surface area contributed by atoms with Crippen LogP contribution in [-0.4, -0.2) is 28.5 Å². The number of carbonyl (C=O) groups excluding carboxylic acids is 2. The van der Waals surface area contributed by atoms with Crippen LogP contribution in [-0.2, 0) is 14.3 Å². The van der Waals surface area contributed by atoms with Gasteiger partial charge < -0.3 is 10.1 Å². The van der Waals surface area contributed by atoms with Crippen molar-refractivity contribution in [3.63, 3.8) is 0 Å². The van der Waals surface area contributed by atoms with E-state index in [-0.39, 0.29) is 40.6 Å². The van der Waals surface area contributed by atoms with Crippen molar-refractivity contribution >= 4 is 51.7 Å². The Bertz CT molecular complexity index is 797. The molecule has 1 aliphatic carbocycles. The van der Waals surface area contributed by atoms with E-state index in [1.165, 1.54) is 6.92 Å². The number of halogens is 2. The summed E-state index contributed by atoms with van der Waals surface area (Å²) in [5.74, 6) is -0.141. The van der Waals surface area contributed by atoms with Gasteiger partial charge >= 0.3 is 5.97 Å². The number of amides is 1. The predicted molar refractivity (Wildman–Crippen MR) is 86.4 cm³/mol. The summed E-state index contributed by atoms with van der Waals surface area (Å²) < 4.78 is 4.91. The summed E-state index contributed by atoms with van der Waals surface area (Å²) in [6, 6.07) is 3.34. The van der Waals surface area contributed by atoms with Gasteiger partial charge in [-0.05, 0) is 23.9 Å². The van der Waals surface area contributed by atoms with Crippen LogP contribution in [0.1, 0.15) is 13.3 Å². The second-order valence-electron chi connectivity index (χ2n) is 5.42. The number of pyridine rings is 2. The summed E-state index contributed by atoms with van der Waals surface area (Å²) in [6.45, 7) is 1.62. The van der Waals surface area contributed by atoms with Gasteiger partial charge in [-0.2, -0.15) is 0 Å². The molecular weight excluding hydrogens is 341 g/mol. The van der Waals surface area contributed by atoms with Gasteiger partial charge in [0.2, 0.25) is 5.91 Å². The summed E-state index contributed by atoms with van der Waals surface area (Å²) in [6.07, 6.45) is 2.24. The average molecular weight is 354 g/mol. The number of rotatable bonds is 4. The van der Waals surface area contributed by atoms with Crippen LogP contribution in [0.25, 0.3) is 10.8 Å². The maximum Gasteiger partial charge on any atom is 0.302 e. The lowest BCUT2D eigenvalue weighted by Gasteiger charge is -2.06. The van der Waals surface area contributed by atoms with Crippen LogP contribution in [0, 0.1) is 11.8 Å². The van der Waals surface area contributed by atoms with Gasteiger partial charge in [0.25, 0.3) is 0 Å². The summed E-state index contributed by atoms with van der Waals surface area (Å²) in [7, 11) is 0. The third-order valence-corrected chi connectivity index (χ3v) is 4.13. The number of hydrogen-bond acceptors (Lipinski definition) is 5. The van der Waals surface area contributed by atoms with E-state index in [4.69, 9.17) is 27.9 Å².